The second kappa shape index (κ2) is 4.87. The Bertz CT molecular complexity index is 394. The molecule has 1 aliphatic rings. The first-order chi connectivity index (χ1) is 8.13. The molecule has 17 heavy (non-hydrogen) atoms. The molecule has 5 heteroatoms. The van der Waals surface area contributed by atoms with Crippen molar-refractivity contribution in [3.63, 3.8) is 0 Å². The van der Waals surface area contributed by atoms with Crippen LogP contribution in [0.5, 0.6) is 0 Å². The predicted molar refractivity (Wildman–Crippen MR) is 61.7 cm³/mol. The fraction of sp³-hybridized carbons (Fsp3) is 0.667. The Morgan fingerprint density at radius 2 is 2.35 bits per heavy atom. The summed E-state index contributed by atoms with van der Waals surface area (Å²) >= 11 is 0. The number of aliphatic hydroxyl groups excluding tert-OH is 1. The Balaban J connectivity index is 2.07. The van der Waals surface area contributed by atoms with E-state index in [1.807, 2.05) is 4.90 Å². The van der Waals surface area contributed by atoms with Crippen LogP contribution in [0.2, 0.25) is 0 Å². The standard InChI is InChI=1S/C12H18N2O3/c1-8-11(9(2)17-13-8)12(16)14-5-3-10(7-14)4-6-15/h10,15H,3-7H2,1-2H3. The van der Waals surface area contributed by atoms with Crippen LogP contribution in [0.25, 0.3) is 0 Å². The highest BCUT2D eigenvalue weighted by Gasteiger charge is 2.29. The summed E-state index contributed by atoms with van der Waals surface area (Å²) in [7, 11) is 0. The maximum Gasteiger partial charge on any atom is 0.259 e. The molecule has 1 aliphatic heterocycles. The number of carbonyl (C=O) groups excluding carboxylic acids is 1. The molecule has 0 radical (unpaired) electrons. The van der Waals surface area contributed by atoms with Crippen molar-refractivity contribution in [2.24, 2.45) is 5.92 Å². The van der Waals surface area contributed by atoms with Crippen LogP contribution in [0.15, 0.2) is 4.52 Å². The molecule has 1 aromatic heterocycles. The third-order valence-electron chi connectivity index (χ3n) is 3.36. The molecule has 1 amide bonds. The molecule has 0 saturated carbocycles. The molecule has 1 unspecified atom stereocenters. The molecule has 2 heterocycles. The minimum Gasteiger partial charge on any atom is -0.396 e. The summed E-state index contributed by atoms with van der Waals surface area (Å²) in [5.41, 5.74) is 1.24. The number of hydrogen-bond donors (Lipinski definition) is 1. The van der Waals surface area contributed by atoms with Crippen molar-refractivity contribution in [3.8, 4) is 0 Å². The van der Waals surface area contributed by atoms with Crippen LogP contribution >= 0.6 is 0 Å². The highest BCUT2D eigenvalue weighted by molar-refractivity contribution is 5.96. The summed E-state index contributed by atoms with van der Waals surface area (Å²) in [5, 5.41) is 12.7. The lowest BCUT2D eigenvalue weighted by Crippen LogP contribution is -2.29. The average molecular weight is 238 g/mol. The van der Waals surface area contributed by atoms with E-state index in [-0.39, 0.29) is 12.5 Å². The van der Waals surface area contributed by atoms with E-state index in [4.69, 9.17) is 9.63 Å². The SMILES string of the molecule is Cc1noc(C)c1C(=O)N1CCC(CCO)C1. The minimum absolute atomic E-state index is 0.00156. The van der Waals surface area contributed by atoms with Gasteiger partial charge in [0.25, 0.3) is 5.91 Å². The van der Waals surface area contributed by atoms with Crippen molar-refractivity contribution >= 4 is 5.91 Å². The maximum atomic E-state index is 12.3. The Morgan fingerprint density at radius 1 is 1.59 bits per heavy atom. The van der Waals surface area contributed by atoms with E-state index in [1.165, 1.54) is 0 Å². The van der Waals surface area contributed by atoms with E-state index in [1.54, 1.807) is 13.8 Å². The highest BCUT2D eigenvalue weighted by Crippen LogP contribution is 2.23. The van der Waals surface area contributed by atoms with Crippen molar-refractivity contribution < 1.29 is 14.4 Å². The van der Waals surface area contributed by atoms with E-state index >= 15 is 0 Å². The zero-order valence-electron chi connectivity index (χ0n) is 10.3. The van der Waals surface area contributed by atoms with Crippen LogP contribution < -0.4 is 0 Å². The smallest absolute Gasteiger partial charge is 0.259 e. The fourth-order valence-corrected chi connectivity index (χ4v) is 2.38. The van der Waals surface area contributed by atoms with Gasteiger partial charge in [0.15, 0.2) is 0 Å². The van der Waals surface area contributed by atoms with E-state index in [0.717, 1.165) is 25.9 Å². The molecule has 0 bridgehead atoms. The number of aliphatic hydroxyl groups is 1. The van der Waals surface area contributed by atoms with Gasteiger partial charge < -0.3 is 14.5 Å². The van der Waals surface area contributed by atoms with Gasteiger partial charge in [0.1, 0.15) is 11.3 Å². The van der Waals surface area contributed by atoms with Crippen molar-refractivity contribution in [1.82, 2.24) is 10.1 Å². The van der Waals surface area contributed by atoms with Gasteiger partial charge in [0.2, 0.25) is 0 Å². The third kappa shape index (κ3) is 2.34. The number of hydrogen-bond acceptors (Lipinski definition) is 4. The van der Waals surface area contributed by atoms with Crippen molar-refractivity contribution in [2.45, 2.75) is 26.7 Å². The molecule has 0 aromatic carbocycles. The van der Waals surface area contributed by atoms with Crippen LogP contribution in [-0.2, 0) is 0 Å². The third-order valence-corrected chi connectivity index (χ3v) is 3.36. The van der Waals surface area contributed by atoms with E-state index in [9.17, 15) is 4.79 Å². The Morgan fingerprint density at radius 3 is 2.94 bits per heavy atom. The summed E-state index contributed by atoms with van der Waals surface area (Å²) in [6, 6.07) is 0. The van der Waals surface area contributed by atoms with Crippen LogP contribution in [0, 0.1) is 19.8 Å². The number of aryl methyl sites for hydroxylation is 2. The molecular formula is C12H18N2O3. The summed E-state index contributed by atoms with van der Waals surface area (Å²) in [6.07, 6.45) is 1.74. The number of likely N-dealkylation sites (tertiary alicyclic amines) is 1. The van der Waals surface area contributed by atoms with Gasteiger partial charge in [-0.2, -0.15) is 0 Å². The van der Waals surface area contributed by atoms with Crippen LogP contribution in [0.1, 0.15) is 34.7 Å². The van der Waals surface area contributed by atoms with Gasteiger partial charge in [-0.3, -0.25) is 4.79 Å². The first-order valence-corrected chi connectivity index (χ1v) is 5.96. The van der Waals surface area contributed by atoms with E-state index < -0.39 is 0 Å². The Hall–Kier alpha value is -1.36. The highest BCUT2D eigenvalue weighted by atomic mass is 16.5. The van der Waals surface area contributed by atoms with Gasteiger partial charge in [-0.1, -0.05) is 5.16 Å². The predicted octanol–water partition coefficient (Wildman–Crippen LogP) is 1.14. The van der Waals surface area contributed by atoms with Crippen LogP contribution in [0.4, 0.5) is 0 Å². The second-order valence-electron chi connectivity index (χ2n) is 4.62. The van der Waals surface area contributed by atoms with Crippen LogP contribution in [0.3, 0.4) is 0 Å². The largest absolute Gasteiger partial charge is 0.396 e. The zero-order valence-corrected chi connectivity index (χ0v) is 10.3. The molecule has 1 atom stereocenters. The van der Waals surface area contributed by atoms with Gasteiger partial charge >= 0.3 is 0 Å². The van der Waals surface area contributed by atoms with Crippen molar-refractivity contribution in [1.29, 1.82) is 0 Å². The molecular weight excluding hydrogens is 220 g/mol. The summed E-state index contributed by atoms with van der Waals surface area (Å²) in [4.78, 5) is 14.1. The number of carbonyl (C=O) groups is 1. The lowest BCUT2D eigenvalue weighted by molar-refractivity contribution is 0.0782. The molecule has 1 fully saturated rings. The van der Waals surface area contributed by atoms with Gasteiger partial charge in [0.05, 0.1) is 5.69 Å². The Labute approximate surface area is 100 Å². The lowest BCUT2D eigenvalue weighted by Gasteiger charge is -2.16. The zero-order chi connectivity index (χ0) is 12.4. The van der Waals surface area contributed by atoms with E-state index in [2.05, 4.69) is 5.16 Å². The number of aromatic nitrogens is 1. The number of amides is 1. The lowest BCUT2D eigenvalue weighted by atomic mass is 10.1. The molecule has 1 aromatic rings. The topological polar surface area (TPSA) is 66.6 Å². The first kappa shape index (κ1) is 12.1. The van der Waals surface area contributed by atoms with Gasteiger partial charge in [-0.25, -0.2) is 0 Å². The summed E-state index contributed by atoms with van der Waals surface area (Å²) < 4.78 is 5.01. The summed E-state index contributed by atoms with van der Waals surface area (Å²) in [5.74, 6) is 1.00. The van der Waals surface area contributed by atoms with Gasteiger partial charge in [-0.15, -0.1) is 0 Å². The van der Waals surface area contributed by atoms with Crippen molar-refractivity contribution in [3.05, 3.63) is 17.0 Å². The molecule has 2 rings (SSSR count). The molecule has 94 valence electrons. The summed E-state index contributed by atoms with van der Waals surface area (Å²) in [6.45, 7) is 5.22. The molecule has 1 N–H and O–H groups in total. The van der Waals surface area contributed by atoms with Crippen molar-refractivity contribution in [2.75, 3.05) is 19.7 Å². The van der Waals surface area contributed by atoms with Gasteiger partial charge in [0, 0.05) is 19.7 Å². The first-order valence-electron chi connectivity index (χ1n) is 5.96. The van der Waals surface area contributed by atoms with Crippen LogP contribution in [-0.4, -0.2) is 40.8 Å². The quantitative estimate of drug-likeness (QED) is 0.857. The molecule has 5 nitrogen and oxygen atoms in total. The Kier molecular flexibility index (Phi) is 3.47. The average Bonchev–Trinajstić information content (AvgIpc) is 2.87. The second-order valence-corrected chi connectivity index (χ2v) is 4.62. The maximum absolute atomic E-state index is 12.3. The molecule has 0 spiro atoms. The van der Waals surface area contributed by atoms with Gasteiger partial charge in [-0.05, 0) is 32.6 Å². The number of rotatable bonds is 3. The van der Waals surface area contributed by atoms with E-state index in [0.29, 0.717) is 22.9 Å². The normalized spacial score (nSPS) is 19.9. The molecule has 1 saturated heterocycles. The minimum atomic E-state index is 0.00156. The number of nitrogens with zero attached hydrogens (tertiary/aromatic N) is 2. The fourth-order valence-electron chi connectivity index (χ4n) is 2.38. The molecule has 0 aliphatic carbocycles. The monoisotopic (exact) mass is 238 g/mol.